The molecule has 0 saturated heterocycles. The molecule has 158 valence electrons. The lowest BCUT2D eigenvalue weighted by Gasteiger charge is -2.09. The first-order valence-corrected chi connectivity index (χ1v) is 9.32. The van der Waals surface area contributed by atoms with E-state index in [9.17, 15) is 13.6 Å². The summed E-state index contributed by atoms with van der Waals surface area (Å²) in [6, 6.07) is 3.95. The standard InChI is InChI=1S/C22H19F2N5O2/c1-4-14-9-25-12-17(13(14)3)21(30)28-20-7-6-15(10-26-20)19(5-2)29-31-22-18(24)8-16(23)11-27-22/h4,6-12H,1,5H2,2-3H3,(H,26,28,30). The first-order chi connectivity index (χ1) is 14.9. The molecule has 0 fully saturated rings. The number of carbonyl (C=O) groups is 1. The lowest BCUT2D eigenvalue weighted by molar-refractivity contribution is 0.102. The summed E-state index contributed by atoms with van der Waals surface area (Å²) >= 11 is 0. The summed E-state index contributed by atoms with van der Waals surface area (Å²) in [5.41, 5.74) is 3.02. The van der Waals surface area contributed by atoms with Gasteiger partial charge in [0.2, 0.25) is 0 Å². The molecule has 0 unspecified atom stereocenters. The number of amides is 1. The van der Waals surface area contributed by atoms with Gasteiger partial charge in [-0.1, -0.05) is 24.7 Å². The third-order valence-corrected chi connectivity index (χ3v) is 4.41. The molecule has 0 saturated carbocycles. The van der Waals surface area contributed by atoms with Gasteiger partial charge >= 0.3 is 0 Å². The Morgan fingerprint density at radius 2 is 2.03 bits per heavy atom. The van der Waals surface area contributed by atoms with Crippen LogP contribution in [0.5, 0.6) is 5.88 Å². The zero-order valence-electron chi connectivity index (χ0n) is 16.9. The van der Waals surface area contributed by atoms with Crippen LogP contribution in [0.4, 0.5) is 14.6 Å². The SMILES string of the molecule is C=Cc1cncc(C(=O)Nc2ccc(C(CC)=NOc3ncc(F)cc3F)cn2)c1C. The van der Waals surface area contributed by atoms with E-state index >= 15 is 0 Å². The van der Waals surface area contributed by atoms with E-state index in [0.717, 1.165) is 17.3 Å². The highest BCUT2D eigenvalue weighted by Crippen LogP contribution is 2.17. The zero-order valence-corrected chi connectivity index (χ0v) is 16.9. The van der Waals surface area contributed by atoms with Crippen LogP contribution in [0.25, 0.3) is 6.08 Å². The number of hydrogen-bond donors (Lipinski definition) is 1. The number of rotatable bonds is 7. The highest BCUT2D eigenvalue weighted by molar-refractivity contribution is 6.05. The molecule has 31 heavy (non-hydrogen) atoms. The molecule has 0 spiro atoms. The monoisotopic (exact) mass is 423 g/mol. The molecule has 0 atom stereocenters. The van der Waals surface area contributed by atoms with Crippen molar-refractivity contribution in [1.82, 2.24) is 15.0 Å². The minimum absolute atomic E-state index is 0.333. The largest absolute Gasteiger partial charge is 0.333 e. The Bertz CT molecular complexity index is 1150. The number of aromatic nitrogens is 3. The number of pyridine rings is 3. The first kappa shape index (κ1) is 21.7. The van der Waals surface area contributed by atoms with Gasteiger partial charge < -0.3 is 10.2 Å². The molecule has 3 heterocycles. The molecule has 1 N–H and O–H groups in total. The molecule has 0 aliphatic carbocycles. The van der Waals surface area contributed by atoms with Crippen LogP contribution >= 0.6 is 0 Å². The van der Waals surface area contributed by atoms with Gasteiger partial charge in [0.25, 0.3) is 11.8 Å². The van der Waals surface area contributed by atoms with E-state index in [4.69, 9.17) is 4.84 Å². The van der Waals surface area contributed by atoms with E-state index in [2.05, 4.69) is 32.0 Å². The van der Waals surface area contributed by atoms with E-state index in [-0.39, 0.29) is 5.91 Å². The Hall–Kier alpha value is -4.01. The Labute approximate surface area is 177 Å². The highest BCUT2D eigenvalue weighted by atomic mass is 19.1. The topological polar surface area (TPSA) is 89.4 Å². The van der Waals surface area contributed by atoms with Crippen LogP contribution in [0.15, 0.2) is 54.7 Å². The number of hydrogen-bond acceptors (Lipinski definition) is 6. The molecular weight excluding hydrogens is 404 g/mol. The van der Waals surface area contributed by atoms with E-state index in [0.29, 0.717) is 35.1 Å². The van der Waals surface area contributed by atoms with E-state index in [1.54, 1.807) is 24.4 Å². The quantitative estimate of drug-likeness (QED) is 0.445. The van der Waals surface area contributed by atoms with Crippen LogP contribution in [0, 0.1) is 18.6 Å². The number of anilines is 1. The summed E-state index contributed by atoms with van der Waals surface area (Å²) in [6.07, 6.45) is 7.53. The predicted octanol–water partition coefficient (Wildman–Crippen LogP) is 4.55. The van der Waals surface area contributed by atoms with Gasteiger partial charge in [0, 0.05) is 30.2 Å². The first-order valence-electron chi connectivity index (χ1n) is 9.32. The Kier molecular flexibility index (Phi) is 6.76. The summed E-state index contributed by atoms with van der Waals surface area (Å²) < 4.78 is 26.6. The number of halogens is 2. The number of carbonyl (C=O) groups excluding carboxylic acids is 1. The smallest absolute Gasteiger partial charge is 0.284 e. The maximum absolute atomic E-state index is 13.6. The Balaban J connectivity index is 1.73. The van der Waals surface area contributed by atoms with Crippen LogP contribution in [-0.4, -0.2) is 26.6 Å². The molecular formula is C22H19F2N5O2. The number of nitrogens with zero attached hydrogens (tertiary/aromatic N) is 4. The van der Waals surface area contributed by atoms with Crippen molar-refractivity contribution in [2.45, 2.75) is 20.3 Å². The zero-order chi connectivity index (χ0) is 22.4. The third kappa shape index (κ3) is 5.13. The van der Waals surface area contributed by atoms with Crippen molar-refractivity contribution >= 4 is 23.5 Å². The summed E-state index contributed by atoms with van der Waals surface area (Å²) in [5.74, 6) is -2.22. The molecule has 0 aliphatic heterocycles. The fourth-order valence-corrected chi connectivity index (χ4v) is 2.69. The fourth-order valence-electron chi connectivity index (χ4n) is 2.69. The van der Waals surface area contributed by atoms with Crippen LogP contribution in [0.3, 0.4) is 0 Å². The normalized spacial score (nSPS) is 11.2. The minimum Gasteiger partial charge on any atom is -0.333 e. The van der Waals surface area contributed by atoms with Crippen molar-refractivity contribution in [3.05, 3.63) is 83.5 Å². The van der Waals surface area contributed by atoms with Gasteiger partial charge in [-0.15, -0.1) is 0 Å². The second kappa shape index (κ2) is 9.66. The van der Waals surface area contributed by atoms with Crippen molar-refractivity contribution in [3.63, 3.8) is 0 Å². The number of oxime groups is 1. The fraction of sp³-hybridized carbons (Fsp3) is 0.136. The molecule has 0 radical (unpaired) electrons. The molecule has 0 bridgehead atoms. The summed E-state index contributed by atoms with van der Waals surface area (Å²) in [6.45, 7) is 7.35. The highest BCUT2D eigenvalue weighted by Gasteiger charge is 2.13. The Morgan fingerprint density at radius 3 is 2.68 bits per heavy atom. The van der Waals surface area contributed by atoms with Crippen molar-refractivity contribution in [2.24, 2.45) is 5.16 Å². The van der Waals surface area contributed by atoms with Gasteiger partial charge in [-0.05, 0) is 36.6 Å². The van der Waals surface area contributed by atoms with Gasteiger partial charge in [0.15, 0.2) is 5.82 Å². The molecule has 3 aromatic heterocycles. The molecule has 0 aliphatic rings. The molecule has 9 heteroatoms. The van der Waals surface area contributed by atoms with Crippen molar-refractivity contribution in [3.8, 4) is 5.88 Å². The van der Waals surface area contributed by atoms with Crippen LogP contribution in [0.2, 0.25) is 0 Å². The van der Waals surface area contributed by atoms with E-state index in [1.807, 2.05) is 13.8 Å². The van der Waals surface area contributed by atoms with Gasteiger partial charge in [0.1, 0.15) is 11.6 Å². The van der Waals surface area contributed by atoms with E-state index in [1.165, 1.54) is 12.4 Å². The van der Waals surface area contributed by atoms with E-state index < -0.39 is 17.5 Å². The van der Waals surface area contributed by atoms with Gasteiger partial charge in [0.05, 0.1) is 17.5 Å². The van der Waals surface area contributed by atoms with Crippen molar-refractivity contribution in [1.29, 1.82) is 0 Å². The maximum Gasteiger partial charge on any atom is 0.284 e. The average molecular weight is 423 g/mol. The predicted molar refractivity (Wildman–Crippen MR) is 113 cm³/mol. The molecule has 7 nitrogen and oxygen atoms in total. The van der Waals surface area contributed by atoms with Crippen LogP contribution < -0.4 is 10.2 Å². The molecule has 3 aromatic rings. The summed E-state index contributed by atoms with van der Waals surface area (Å²) in [4.78, 5) is 29.4. The lowest BCUT2D eigenvalue weighted by atomic mass is 10.1. The lowest BCUT2D eigenvalue weighted by Crippen LogP contribution is -2.15. The summed E-state index contributed by atoms with van der Waals surface area (Å²) in [5, 5.41) is 6.60. The third-order valence-electron chi connectivity index (χ3n) is 4.41. The molecule has 0 aromatic carbocycles. The molecule has 1 amide bonds. The average Bonchev–Trinajstić information content (AvgIpc) is 2.76. The minimum atomic E-state index is -0.958. The second-order valence-corrected chi connectivity index (χ2v) is 6.41. The maximum atomic E-state index is 13.6. The Morgan fingerprint density at radius 1 is 1.23 bits per heavy atom. The van der Waals surface area contributed by atoms with Crippen molar-refractivity contribution in [2.75, 3.05) is 5.32 Å². The van der Waals surface area contributed by atoms with Gasteiger partial charge in [-0.3, -0.25) is 9.78 Å². The number of nitrogens with one attached hydrogen (secondary N) is 1. The van der Waals surface area contributed by atoms with Crippen LogP contribution in [0.1, 0.15) is 40.4 Å². The van der Waals surface area contributed by atoms with Crippen LogP contribution in [-0.2, 0) is 0 Å². The second-order valence-electron chi connectivity index (χ2n) is 6.41. The summed E-state index contributed by atoms with van der Waals surface area (Å²) in [7, 11) is 0. The molecule has 3 rings (SSSR count). The van der Waals surface area contributed by atoms with Gasteiger partial charge in [-0.25, -0.2) is 18.7 Å². The van der Waals surface area contributed by atoms with Crippen molar-refractivity contribution < 1.29 is 18.4 Å². The van der Waals surface area contributed by atoms with Gasteiger partial charge in [-0.2, -0.15) is 0 Å².